The summed E-state index contributed by atoms with van der Waals surface area (Å²) in [6, 6.07) is 0. The predicted octanol–water partition coefficient (Wildman–Crippen LogP) is 1.74. The first kappa shape index (κ1) is 14.3. The maximum absolute atomic E-state index is 11.4. The van der Waals surface area contributed by atoms with Gasteiger partial charge in [-0.25, -0.2) is 0 Å². The number of likely N-dealkylation sites (N-methyl/N-ethyl adjacent to an activating group) is 1. The smallest absolute Gasteiger partial charge is 0.158 e. The molecular weight excluding hydrogens is 190 g/mol. The van der Waals surface area contributed by atoms with Crippen LogP contribution in [0.2, 0.25) is 0 Å². The van der Waals surface area contributed by atoms with E-state index in [1.165, 1.54) is 0 Å². The van der Waals surface area contributed by atoms with Crippen molar-refractivity contribution in [1.82, 2.24) is 4.90 Å². The maximum atomic E-state index is 11.4. The lowest BCUT2D eigenvalue weighted by molar-refractivity contribution is -0.117. The third kappa shape index (κ3) is 7.28. The van der Waals surface area contributed by atoms with Gasteiger partial charge in [-0.05, 0) is 19.5 Å². The van der Waals surface area contributed by atoms with Gasteiger partial charge in [0, 0.05) is 26.1 Å². The van der Waals surface area contributed by atoms with E-state index >= 15 is 0 Å². The van der Waals surface area contributed by atoms with Gasteiger partial charge >= 0.3 is 0 Å². The lowest BCUT2D eigenvalue weighted by atomic mass is 10.0. The summed E-state index contributed by atoms with van der Waals surface area (Å²) in [6.07, 6.45) is 4.52. The van der Waals surface area contributed by atoms with Crippen molar-refractivity contribution in [3.05, 3.63) is 12.2 Å². The highest BCUT2D eigenvalue weighted by Gasteiger charge is 2.05. The number of rotatable bonds is 8. The Hall–Kier alpha value is -0.670. The standard InChI is InChI=1S/C12H23NO2/c1-5-11(2)12(14)7-6-8-13(3)9-10-15-4/h6-7,11H,5,8-10H2,1-4H3/b7-6+. The van der Waals surface area contributed by atoms with E-state index < -0.39 is 0 Å². The van der Waals surface area contributed by atoms with Crippen molar-refractivity contribution in [1.29, 1.82) is 0 Å². The van der Waals surface area contributed by atoms with Crippen LogP contribution < -0.4 is 0 Å². The van der Waals surface area contributed by atoms with Crippen LogP contribution in [-0.2, 0) is 9.53 Å². The first-order valence-corrected chi connectivity index (χ1v) is 5.49. The van der Waals surface area contributed by atoms with Gasteiger partial charge in [-0.2, -0.15) is 0 Å². The molecule has 0 aromatic rings. The molecule has 0 fully saturated rings. The summed E-state index contributed by atoms with van der Waals surface area (Å²) in [4.78, 5) is 13.6. The van der Waals surface area contributed by atoms with Crippen LogP contribution in [0.4, 0.5) is 0 Å². The lowest BCUT2D eigenvalue weighted by Gasteiger charge is -2.12. The van der Waals surface area contributed by atoms with E-state index in [9.17, 15) is 4.79 Å². The van der Waals surface area contributed by atoms with E-state index in [4.69, 9.17) is 4.74 Å². The Balaban J connectivity index is 3.73. The fourth-order valence-electron chi connectivity index (χ4n) is 1.05. The van der Waals surface area contributed by atoms with Gasteiger partial charge in [0.05, 0.1) is 6.61 Å². The van der Waals surface area contributed by atoms with Gasteiger partial charge in [-0.1, -0.05) is 19.9 Å². The largest absolute Gasteiger partial charge is 0.383 e. The molecule has 88 valence electrons. The number of allylic oxidation sites excluding steroid dienone is 1. The highest BCUT2D eigenvalue weighted by Crippen LogP contribution is 2.02. The van der Waals surface area contributed by atoms with E-state index in [0.717, 1.165) is 26.1 Å². The zero-order valence-electron chi connectivity index (χ0n) is 10.3. The number of carbonyl (C=O) groups is 1. The quantitative estimate of drug-likeness (QED) is 0.575. The van der Waals surface area contributed by atoms with Gasteiger partial charge in [-0.15, -0.1) is 0 Å². The minimum absolute atomic E-state index is 0.144. The molecule has 15 heavy (non-hydrogen) atoms. The number of hydrogen-bond donors (Lipinski definition) is 0. The number of carbonyl (C=O) groups excluding carboxylic acids is 1. The van der Waals surface area contributed by atoms with Gasteiger partial charge in [0.25, 0.3) is 0 Å². The Morgan fingerprint density at radius 1 is 1.53 bits per heavy atom. The molecule has 1 atom stereocenters. The first-order valence-electron chi connectivity index (χ1n) is 5.49. The summed E-state index contributed by atoms with van der Waals surface area (Å²) in [7, 11) is 3.70. The highest BCUT2D eigenvalue weighted by molar-refractivity contribution is 5.91. The predicted molar refractivity (Wildman–Crippen MR) is 63.0 cm³/mol. The second kappa shape index (κ2) is 8.62. The summed E-state index contributed by atoms with van der Waals surface area (Å²) >= 11 is 0. The van der Waals surface area contributed by atoms with Gasteiger partial charge in [0.15, 0.2) is 5.78 Å². The van der Waals surface area contributed by atoms with Crippen LogP contribution in [0.25, 0.3) is 0 Å². The first-order chi connectivity index (χ1) is 7.11. The van der Waals surface area contributed by atoms with Crippen LogP contribution in [0.1, 0.15) is 20.3 Å². The molecule has 0 amide bonds. The SMILES string of the molecule is CCC(C)C(=O)/C=C/CN(C)CCOC. The Bertz CT molecular complexity index is 202. The number of hydrogen-bond acceptors (Lipinski definition) is 3. The van der Waals surface area contributed by atoms with Crippen molar-refractivity contribution in [2.75, 3.05) is 33.9 Å². The van der Waals surface area contributed by atoms with Crippen LogP contribution in [0.15, 0.2) is 12.2 Å². The molecule has 0 aromatic heterocycles. The lowest BCUT2D eigenvalue weighted by Crippen LogP contribution is -2.23. The van der Waals surface area contributed by atoms with Gasteiger partial charge < -0.3 is 9.64 Å². The van der Waals surface area contributed by atoms with E-state index in [0.29, 0.717) is 0 Å². The summed E-state index contributed by atoms with van der Waals surface area (Å²) < 4.78 is 4.96. The van der Waals surface area contributed by atoms with Crippen LogP contribution in [-0.4, -0.2) is 44.5 Å². The molecule has 3 nitrogen and oxygen atoms in total. The third-order valence-corrected chi connectivity index (χ3v) is 2.47. The molecule has 0 rings (SSSR count). The van der Waals surface area contributed by atoms with Crippen LogP contribution in [0, 0.1) is 5.92 Å². The number of nitrogens with zero attached hydrogens (tertiary/aromatic N) is 1. The van der Waals surface area contributed by atoms with Crippen LogP contribution in [0.5, 0.6) is 0 Å². The van der Waals surface area contributed by atoms with E-state index in [1.54, 1.807) is 13.2 Å². The average molecular weight is 213 g/mol. The molecule has 0 N–H and O–H groups in total. The zero-order chi connectivity index (χ0) is 11.7. The van der Waals surface area contributed by atoms with Gasteiger partial charge in [0.1, 0.15) is 0 Å². The number of ketones is 1. The van der Waals surface area contributed by atoms with Crippen molar-refractivity contribution in [3.63, 3.8) is 0 Å². The fraction of sp³-hybridized carbons (Fsp3) is 0.750. The number of methoxy groups -OCH3 is 1. The van der Waals surface area contributed by atoms with Crippen molar-refractivity contribution >= 4 is 5.78 Å². The van der Waals surface area contributed by atoms with Crippen molar-refractivity contribution < 1.29 is 9.53 Å². The van der Waals surface area contributed by atoms with E-state index in [1.807, 2.05) is 27.0 Å². The Kier molecular flexibility index (Phi) is 8.24. The normalized spacial score (nSPS) is 13.7. The molecule has 0 saturated carbocycles. The molecule has 0 radical (unpaired) electrons. The molecule has 0 aliphatic carbocycles. The average Bonchev–Trinajstić information content (AvgIpc) is 2.24. The number of ether oxygens (including phenoxy) is 1. The minimum atomic E-state index is 0.144. The fourth-order valence-corrected chi connectivity index (χ4v) is 1.05. The molecule has 0 aromatic carbocycles. The van der Waals surface area contributed by atoms with Gasteiger partial charge in [-0.3, -0.25) is 4.79 Å². The molecule has 0 bridgehead atoms. The highest BCUT2D eigenvalue weighted by atomic mass is 16.5. The Morgan fingerprint density at radius 2 is 2.20 bits per heavy atom. The molecular formula is C12H23NO2. The van der Waals surface area contributed by atoms with Crippen LogP contribution in [0.3, 0.4) is 0 Å². The van der Waals surface area contributed by atoms with Crippen molar-refractivity contribution in [2.45, 2.75) is 20.3 Å². The van der Waals surface area contributed by atoms with Crippen molar-refractivity contribution in [3.8, 4) is 0 Å². The van der Waals surface area contributed by atoms with E-state index in [2.05, 4.69) is 4.90 Å². The Labute approximate surface area is 93.1 Å². The summed E-state index contributed by atoms with van der Waals surface area (Å²) in [5.74, 6) is 0.364. The maximum Gasteiger partial charge on any atom is 0.158 e. The zero-order valence-corrected chi connectivity index (χ0v) is 10.3. The molecule has 3 heteroatoms. The molecule has 0 aliphatic rings. The topological polar surface area (TPSA) is 29.5 Å². The molecule has 1 unspecified atom stereocenters. The molecule has 0 saturated heterocycles. The monoisotopic (exact) mass is 213 g/mol. The third-order valence-electron chi connectivity index (χ3n) is 2.47. The second-order valence-corrected chi connectivity index (χ2v) is 3.87. The van der Waals surface area contributed by atoms with Crippen molar-refractivity contribution in [2.24, 2.45) is 5.92 Å². The molecule has 0 spiro atoms. The Morgan fingerprint density at radius 3 is 2.73 bits per heavy atom. The summed E-state index contributed by atoms with van der Waals surface area (Å²) in [6.45, 7) is 6.40. The summed E-state index contributed by atoms with van der Waals surface area (Å²) in [5, 5.41) is 0. The van der Waals surface area contributed by atoms with E-state index in [-0.39, 0.29) is 11.7 Å². The van der Waals surface area contributed by atoms with Crippen LogP contribution >= 0.6 is 0 Å². The molecule has 0 aliphatic heterocycles. The molecule has 0 heterocycles. The second-order valence-electron chi connectivity index (χ2n) is 3.87. The summed E-state index contributed by atoms with van der Waals surface area (Å²) in [5.41, 5.74) is 0. The minimum Gasteiger partial charge on any atom is -0.383 e. The van der Waals surface area contributed by atoms with Gasteiger partial charge in [0.2, 0.25) is 0 Å².